The molecule has 0 amide bonds. The Kier molecular flexibility index (Phi) is 5.30. The van der Waals surface area contributed by atoms with E-state index in [2.05, 4.69) is 17.5 Å². The van der Waals surface area contributed by atoms with Crippen molar-refractivity contribution >= 4 is 5.57 Å². The van der Waals surface area contributed by atoms with E-state index in [1.54, 1.807) is 6.07 Å². The molecule has 1 N–H and O–H groups in total. The molecule has 1 saturated heterocycles. The molecule has 1 fully saturated rings. The van der Waals surface area contributed by atoms with Crippen molar-refractivity contribution in [1.82, 2.24) is 5.32 Å². The molecule has 0 bridgehead atoms. The molecule has 2 aromatic carbocycles. The number of nitrogens with one attached hydrogen (secondary N) is 1. The topological polar surface area (TPSA) is 54.3 Å². The molecule has 1 atom stereocenters. The van der Waals surface area contributed by atoms with Crippen molar-refractivity contribution in [3.63, 3.8) is 0 Å². The number of hydrogen-bond acceptors (Lipinski definition) is 4. The molecule has 2 aromatic rings. The maximum Gasteiger partial charge on any atom is 0.141 e. The summed E-state index contributed by atoms with van der Waals surface area (Å²) in [5, 5.41) is 12.4. The van der Waals surface area contributed by atoms with Crippen molar-refractivity contribution in [3.8, 4) is 17.2 Å². The van der Waals surface area contributed by atoms with Gasteiger partial charge in [0.1, 0.15) is 11.9 Å². The van der Waals surface area contributed by atoms with E-state index in [9.17, 15) is 4.39 Å². The van der Waals surface area contributed by atoms with E-state index in [4.69, 9.17) is 14.7 Å². The summed E-state index contributed by atoms with van der Waals surface area (Å²) in [6.45, 7) is 3.56. The van der Waals surface area contributed by atoms with Crippen LogP contribution in [0.4, 0.5) is 4.39 Å². The van der Waals surface area contributed by atoms with Crippen molar-refractivity contribution < 1.29 is 13.9 Å². The molecule has 0 spiro atoms. The summed E-state index contributed by atoms with van der Waals surface area (Å²) in [6.07, 6.45) is 2.99. The molecule has 2 aliphatic heterocycles. The number of rotatable bonds is 4. The molecular formula is C22H21FN2O2. The van der Waals surface area contributed by atoms with Crippen LogP contribution in [-0.2, 0) is 15.9 Å². The standard InChI is InChI=1S/C22H21FN2O2/c23-21-11-15(4-5-17(21)12-24)20-3-1-2-16(10-19-13-25-7-9-27-19)22(20)18-6-8-26-14-18/h1-6,11,19,25H,7-10,13-14H2/t19-/m0/s1. The van der Waals surface area contributed by atoms with Gasteiger partial charge in [-0.1, -0.05) is 30.3 Å². The second-order valence-electron chi connectivity index (χ2n) is 6.79. The Labute approximate surface area is 158 Å². The predicted molar refractivity (Wildman–Crippen MR) is 102 cm³/mol. The predicted octanol–water partition coefficient (Wildman–Crippen LogP) is 3.31. The van der Waals surface area contributed by atoms with E-state index in [1.165, 1.54) is 17.7 Å². The third-order valence-corrected chi connectivity index (χ3v) is 5.03. The Hall–Kier alpha value is -2.52. The molecule has 27 heavy (non-hydrogen) atoms. The summed E-state index contributed by atoms with van der Waals surface area (Å²) in [6, 6.07) is 12.8. The van der Waals surface area contributed by atoms with Gasteiger partial charge in [0.25, 0.3) is 0 Å². The minimum absolute atomic E-state index is 0.0570. The third-order valence-electron chi connectivity index (χ3n) is 5.03. The number of ether oxygens (including phenoxy) is 2. The molecule has 0 unspecified atom stereocenters. The van der Waals surface area contributed by atoms with E-state index in [1.807, 2.05) is 18.2 Å². The van der Waals surface area contributed by atoms with Crippen LogP contribution in [0.2, 0.25) is 0 Å². The monoisotopic (exact) mass is 364 g/mol. The fourth-order valence-electron chi connectivity index (χ4n) is 3.72. The number of nitrogens with zero attached hydrogens (tertiary/aromatic N) is 1. The first-order valence-corrected chi connectivity index (χ1v) is 9.17. The summed E-state index contributed by atoms with van der Waals surface area (Å²) in [5.41, 5.74) is 5.15. The number of benzene rings is 2. The molecule has 5 heteroatoms. The summed E-state index contributed by atoms with van der Waals surface area (Å²) in [4.78, 5) is 0. The van der Waals surface area contributed by atoms with Gasteiger partial charge >= 0.3 is 0 Å². The molecule has 2 aliphatic rings. The van der Waals surface area contributed by atoms with Gasteiger partial charge in [-0.2, -0.15) is 5.26 Å². The number of morpholine rings is 1. The smallest absolute Gasteiger partial charge is 0.141 e. The highest BCUT2D eigenvalue weighted by molar-refractivity contribution is 5.84. The van der Waals surface area contributed by atoms with Crippen LogP contribution in [0.15, 0.2) is 42.5 Å². The lowest BCUT2D eigenvalue weighted by Gasteiger charge is -2.25. The lowest BCUT2D eigenvalue weighted by molar-refractivity contribution is 0.0292. The zero-order valence-electron chi connectivity index (χ0n) is 15.0. The zero-order valence-corrected chi connectivity index (χ0v) is 15.0. The van der Waals surface area contributed by atoms with Crippen molar-refractivity contribution in [1.29, 1.82) is 5.26 Å². The number of hydrogen-bond donors (Lipinski definition) is 1. The van der Waals surface area contributed by atoms with Crippen molar-refractivity contribution in [2.24, 2.45) is 0 Å². The first kappa shape index (κ1) is 17.9. The van der Waals surface area contributed by atoms with Crippen LogP contribution in [0.25, 0.3) is 16.7 Å². The fraction of sp³-hybridized carbons (Fsp3) is 0.318. The van der Waals surface area contributed by atoms with Gasteiger partial charge in [-0.25, -0.2) is 4.39 Å². The average Bonchev–Trinajstić information content (AvgIpc) is 3.23. The summed E-state index contributed by atoms with van der Waals surface area (Å²) < 4.78 is 25.7. The quantitative estimate of drug-likeness (QED) is 0.904. The second-order valence-corrected chi connectivity index (χ2v) is 6.79. The molecule has 0 aliphatic carbocycles. The molecule has 0 saturated carbocycles. The van der Waals surface area contributed by atoms with Crippen LogP contribution in [-0.4, -0.2) is 39.0 Å². The molecule has 4 rings (SSSR count). The van der Waals surface area contributed by atoms with Gasteiger partial charge in [-0.3, -0.25) is 0 Å². The van der Waals surface area contributed by atoms with Crippen LogP contribution in [0.5, 0.6) is 0 Å². The van der Waals surface area contributed by atoms with Crippen LogP contribution in [0.3, 0.4) is 0 Å². The highest BCUT2D eigenvalue weighted by atomic mass is 19.1. The Morgan fingerprint density at radius 2 is 2.19 bits per heavy atom. The highest BCUT2D eigenvalue weighted by Gasteiger charge is 2.21. The highest BCUT2D eigenvalue weighted by Crippen LogP contribution is 2.35. The second kappa shape index (κ2) is 8.01. The van der Waals surface area contributed by atoms with E-state index in [0.717, 1.165) is 41.8 Å². The lowest BCUT2D eigenvalue weighted by atomic mass is 9.88. The van der Waals surface area contributed by atoms with Crippen LogP contribution in [0, 0.1) is 17.1 Å². The van der Waals surface area contributed by atoms with Crippen LogP contribution in [0.1, 0.15) is 16.7 Å². The lowest BCUT2D eigenvalue weighted by Crippen LogP contribution is -2.39. The van der Waals surface area contributed by atoms with Crippen molar-refractivity contribution in [2.45, 2.75) is 12.5 Å². The van der Waals surface area contributed by atoms with Crippen LogP contribution < -0.4 is 5.32 Å². The van der Waals surface area contributed by atoms with E-state index < -0.39 is 5.82 Å². The Bertz CT molecular complexity index is 911. The molecule has 2 heterocycles. The molecule has 138 valence electrons. The average molecular weight is 364 g/mol. The van der Waals surface area contributed by atoms with Crippen molar-refractivity contribution in [3.05, 3.63) is 65.0 Å². The Morgan fingerprint density at radius 3 is 2.89 bits per heavy atom. The zero-order chi connectivity index (χ0) is 18.6. The summed E-state index contributed by atoms with van der Waals surface area (Å²) in [5.74, 6) is -0.497. The number of nitriles is 1. The van der Waals surface area contributed by atoms with Gasteiger partial charge in [-0.15, -0.1) is 0 Å². The summed E-state index contributed by atoms with van der Waals surface area (Å²) in [7, 11) is 0. The van der Waals surface area contributed by atoms with Crippen LogP contribution >= 0.6 is 0 Å². The van der Waals surface area contributed by atoms with Gasteiger partial charge in [0, 0.05) is 19.5 Å². The van der Waals surface area contributed by atoms with Gasteiger partial charge in [-0.05, 0) is 40.0 Å². The van der Waals surface area contributed by atoms with Gasteiger partial charge < -0.3 is 14.8 Å². The van der Waals surface area contributed by atoms with E-state index in [-0.39, 0.29) is 11.7 Å². The molecule has 0 aromatic heterocycles. The largest absolute Gasteiger partial charge is 0.375 e. The Balaban J connectivity index is 1.78. The maximum absolute atomic E-state index is 14.2. The SMILES string of the molecule is N#Cc1ccc(-c2cccc(C[C@H]3CNCCO3)c2C2=CCOC2)cc1F. The minimum Gasteiger partial charge on any atom is -0.375 e. The van der Waals surface area contributed by atoms with Gasteiger partial charge in [0.05, 0.1) is 31.5 Å². The third kappa shape index (κ3) is 3.79. The molecular weight excluding hydrogens is 343 g/mol. The van der Waals surface area contributed by atoms with Crippen molar-refractivity contribution in [2.75, 3.05) is 32.9 Å². The van der Waals surface area contributed by atoms with E-state index in [0.29, 0.717) is 19.8 Å². The van der Waals surface area contributed by atoms with Gasteiger partial charge in [0.15, 0.2) is 0 Å². The molecule has 0 radical (unpaired) electrons. The first-order chi connectivity index (χ1) is 13.3. The van der Waals surface area contributed by atoms with Gasteiger partial charge in [0.2, 0.25) is 0 Å². The first-order valence-electron chi connectivity index (χ1n) is 9.17. The normalized spacial score (nSPS) is 19.6. The molecule has 4 nitrogen and oxygen atoms in total. The van der Waals surface area contributed by atoms with E-state index >= 15 is 0 Å². The Morgan fingerprint density at radius 1 is 1.26 bits per heavy atom. The number of halogens is 1. The fourth-order valence-corrected chi connectivity index (χ4v) is 3.72. The maximum atomic E-state index is 14.2. The minimum atomic E-state index is -0.497. The summed E-state index contributed by atoms with van der Waals surface area (Å²) >= 11 is 0.